The molecule has 0 aliphatic rings. The van der Waals surface area contributed by atoms with Crippen LogP contribution in [-0.2, 0) is 0 Å². The van der Waals surface area contributed by atoms with Gasteiger partial charge in [0.05, 0.1) is 12.3 Å². The van der Waals surface area contributed by atoms with Crippen molar-refractivity contribution in [2.45, 2.75) is 6.42 Å². The summed E-state index contributed by atoms with van der Waals surface area (Å²) in [4.78, 5) is 12.1. The van der Waals surface area contributed by atoms with Crippen LogP contribution in [0.25, 0.3) is 0 Å². The second kappa shape index (κ2) is 7.13. The molecule has 0 aliphatic carbocycles. The van der Waals surface area contributed by atoms with E-state index < -0.39 is 0 Å². The van der Waals surface area contributed by atoms with Crippen molar-refractivity contribution >= 4 is 11.6 Å². The molecule has 0 radical (unpaired) electrons. The molecule has 0 bridgehead atoms. The van der Waals surface area contributed by atoms with Crippen molar-refractivity contribution in [2.75, 3.05) is 11.9 Å². The summed E-state index contributed by atoms with van der Waals surface area (Å²) in [5.74, 6) is 5.45. The van der Waals surface area contributed by atoms with Gasteiger partial charge in [0.1, 0.15) is 5.75 Å². The number of anilines is 1. The second-order valence-corrected chi connectivity index (χ2v) is 4.33. The van der Waals surface area contributed by atoms with Crippen molar-refractivity contribution in [2.24, 2.45) is 0 Å². The molecule has 2 rings (SSSR count). The minimum absolute atomic E-state index is 0.00478. The van der Waals surface area contributed by atoms with Gasteiger partial charge >= 0.3 is 0 Å². The zero-order chi connectivity index (χ0) is 15.1. The van der Waals surface area contributed by atoms with Crippen LogP contribution in [0.3, 0.4) is 0 Å². The molecule has 0 saturated heterocycles. The van der Waals surface area contributed by atoms with Gasteiger partial charge in [-0.3, -0.25) is 4.79 Å². The van der Waals surface area contributed by atoms with E-state index in [1.165, 1.54) is 12.1 Å². The van der Waals surface area contributed by atoms with Gasteiger partial charge in [-0.2, -0.15) is 0 Å². The summed E-state index contributed by atoms with van der Waals surface area (Å²) in [5.41, 5.74) is 1.64. The number of rotatable bonds is 3. The molecule has 2 aromatic rings. The number of carbonyl (C=O) groups is 1. The Balaban J connectivity index is 2.20. The molecule has 0 fully saturated rings. The van der Waals surface area contributed by atoms with E-state index in [1.807, 2.05) is 6.07 Å². The molecule has 21 heavy (non-hydrogen) atoms. The number of phenols is 1. The lowest BCUT2D eigenvalue weighted by molar-refractivity contribution is 0.102. The second-order valence-electron chi connectivity index (χ2n) is 4.33. The van der Waals surface area contributed by atoms with Crippen LogP contribution in [0.2, 0.25) is 0 Å². The first-order chi connectivity index (χ1) is 10.2. The number of aliphatic hydroxyl groups is 1. The summed E-state index contributed by atoms with van der Waals surface area (Å²) in [6.07, 6.45) is 0.384. The highest BCUT2D eigenvalue weighted by Gasteiger charge is 2.08. The Labute approximate surface area is 123 Å². The van der Waals surface area contributed by atoms with Crippen LogP contribution in [0.1, 0.15) is 22.3 Å². The Hall–Kier alpha value is -2.77. The Kier molecular flexibility index (Phi) is 4.97. The van der Waals surface area contributed by atoms with Gasteiger partial charge in [0.25, 0.3) is 5.91 Å². The monoisotopic (exact) mass is 281 g/mol. The Morgan fingerprint density at radius 1 is 1.14 bits per heavy atom. The third-order valence-electron chi connectivity index (χ3n) is 2.74. The molecule has 4 heteroatoms. The topological polar surface area (TPSA) is 69.6 Å². The number of benzene rings is 2. The predicted octanol–water partition coefficient (Wildman–Crippen LogP) is 2.38. The summed E-state index contributed by atoms with van der Waals surface area (Å²) in [7, 11) is 0. The van der Waals surface area contributed by atoms with Gasteiger partial charge in [-0.05, 0) is 30.3 Å². The van der Waals surface area contributed by atoms with E-state index in [2.05, 4.69) is 17.2 Å². The van der Waals surface area contributed by atoms with Gasteiger partial charge in [-0.1, -0.05) is 30.0 Å². The number of phenolic OH excluding ortho intramolecular Hbond substituents is 1. The van der Waals surface area contributed by atoms with E-state index in [9.17, 15) is 9.90 Å². The Bertz CT molecular complexity index is 698. The quantitative estimate of drug-likeness (QED) is 0.757. The van der Waals surface area contributed by atoms with Crippen molar-refractivity contribution < 1.29 is 15.0 Å². The first kappa shape index (κ1) is 14.6. The van der Waals surface area contributed by atoms with Crippen molar-refractivity contribution in [1.29, 1.82) is 0 Å². The first-order valence-corrected chi connectivity index (χ1v) is 6.50. The average molecular weight is 281 g/mol. The maximum atomic E-state index is 12.1. The maximum absolute atomic E-state index is 12.1. The third-order valence-corrected chi connectivity index (χ3v) is 2.74. The minimum Gasteiger partial charge on any atom is -0.508 e. The van der Waals surface area contributed by atoms with Crippen molar-refractivity contribution in [3.63, 3.8) is 0 Å². The Morgan fingerprint density at radius 2 is 1.95 bits per heavy atom. The first-order valence-electron chi connectivity index (χ1n) is 6.50. The normalized spacial score (nSPS) is 9.57. The van der Waals surface area contributed by atoms with Crippen molar-refractivity contribution in [3.05, 3.63) is 59.7 Å². The molecule has 0 saturated carbocycles. The molecule has 3 N–H and O–H groups in total. The highest BCUT2D eigenvalue weighted by molar-refractivity contribution is 6.05. The molecule has 4 nitrogen and oxygen atoms in total. The van der Waals surface area contributed by atoms with Gasteiger partial charge in [0.15, 0.2) is 0 Å². The van der Waals surface area contributed by atoms with E-state index in [4.69, 9.17) is 5.11 Å². The molecule has 2 aromatic carbocycles. The van der Waals surface area contributed by atoms with Gasteiger partial charge in [-0.15, -0.1) is 0 Å². The van der Waals surface area contributed by atoms with Crippen LogP contribution in [0.4, 0.5) is 5.69 Å². The summed E-state index contributed by atoms with van der Waals surface area (Å²) in [6.45, 7) is 0.00478. The molecule has 0 spiro atoms. The standard InChI is InChI=1S/C17H15NO3/c19-11-4-3-7-13-6-1-2-10-16(13)18-17(21)14-8-5-9-15(20)12-14/h1-2,5-6,8-10,12,19-20H,4,11H2,(H,18,21). The minimum atomic E-state index is -0.317. The van der Waals surface area contributed by atoms with Crippen LogP contribution in [0, 0.1) is 11.8 Å². The van der Waals surface area contributed by atoms with Crippen molar-refractivity contribution in [3.8, 4) is 17.6 Å². The van der Waals surface area contributed by atoms with Crippen molar-refractivity contribution in [1.82, 2.24) is 0 Å². The van der Waals surface area contributed by atoms with E-state index >= 15 is 0 Å². The lowest BCUT2D eigenvalue weighted by Crippen LogP contribution is -2.12. The number of amides is 1. The van der Waals surface area contributed by atoms with Gasteiger partial charge < -0.3 is 15.5 Å². The van der Waals surface area contributed by atoms with Gasteiger partial charge in [0.2, 0.25) is 0 Å². The highest BCUT2D eigenvalue weighted by Crippen LogP contribution is 2.17. The summed E-state index contributed by atoms with van der Waals surface area (Å²) in [6, 6.07) is 13.3. The molecule has 0 aromatic heterocycles. The van der Waals surface area contributed by atoms with Crippen LogP contribution in [0.5, 0.6) is 5.75 Å². The summed E-state index contributed by atoms with van der Waals surface area (Å²) >= 11 is 0. The van der Waals surface area contributed by atoms with E-state index in [-0.39, 0.29) is 18.3 Å². The summed E-state index contributed by atoms with van der Waals surface area (Å²) in [5, 5.41) is 20.9. The van der Waals surface area contributed by atoms with Gasteiger partial charge in [-0.25, -0.2) is 0 Å². The number of hydrogen-bond acceptors (Lipinski definition) is 3. The maximum Gasteiger partial charge on any atom is 0.255 e. The number of nitrogens with one attached hydrogen (secondary N) is 1. The molecule has 106 valence electrons. The van der Waals surface area contributed by atoms with Crippen LogP contribution >= 0.6 is 0 Å². The smallest absolute Gasteiger partial charge is 0.255 e. The van der Waals surface area contributed by atoms with E-state index in [0.717, 1.165) is 0 Å². The van der Waals surface area contributed by atoms with E-state index in [1.54, 1.807) is 30.3 Å². The SMILES string of the molecule is O=C(Nc1ccccc1C#CCCO)c1cccc(O)c1. The van der Waals surface area contributed by atoms with Crippen LogP contribution in [-0.4, -0.2) is 22.7 Å². The van der Waals surface area contributed by atoms with E-state index in [0.29, 0.717) is 23.2 Å². The highest BCUT2D eigenvalue weighted by atomic mass is 16.3. The number of aliphatic hydroxyl groups excluding tert-OH is 1. The number of carbonyl (C=O) groups excluding carboxylic acids is 1. The fourth-order valence-corrected chi connectivity index (χ4v) is 1.76. The fraction of sp³-hybridized carbons (Fsp3) is 0.118. The molecule has 0 unspecified atom stereocenters. The summed E-state index contributed by atoms with van der Waals surface area (Å²) < 4.78 is 0. The number of hydrogen-bond donors (Lipinski definition) is 3. The largest absolute Gasteiger partial charge is 0.508 e. The number of para-hydroxylation sites is 1. The average Bonchev–Trinajstić information content (AvgIpc) is 2.49. The molecular weight excluding hydrogens is 266 g/mol. The third kappa shape index (κ3) is 4.10. The zero-order valence-electron chi connectivity index (χ0n) is 11.3. The fourth-order valence-electron chi connectivity index (χ4n) is 1.76. The van der Waals surface area contributed by atoms with Crippen LogP contribution in [0.15, 0.2) is 48.5 Å². The van der Waals surface area contributed by atoms with Crippen LogP contribution < -0.4 is 5.32 Å². The zero-order valence-corrected chi connectivity index (χ0v) is 11.3. The molecule has 0 heterocycles. The lowest BCUT2D eigenvalue weighted by Gasteiger charge is -2.07. The molecular formula is C17H15NO3. The number of aromatic hydroxyl groups is 1. The molecule has 0 aliphatic heterocycles. The Morgan fingerprint density at radius 3 is 2.71 bits per heavy atom. The molecule has 0 atom stereocenters. The lowest BCUT2D eigenvalue weighted by atomic mass is 10.1. The predicted molar refractivity (Wildman–Crippen MR) is 81.1 cm³/mol. The molecule has 1 amide bonds. The van der Waals surface area contributed by atoms with Gasteiger partial charge in [0, 0.05) is 17.5 Å².